The third-order valence-corrected chi connectivity index (χ3v) is 5.72. The predicted molar refractivity (Wildman–Crippen MR) is 107 cm³/mol. The molecule has 30 heavy (non-hydrogen) atoms. The molecule has 2 aliphatic rings. The number of aliphatic hydroxyl groups is 1. The van der Waals surface area contributed by atoms with Crippen LogP contribution in [-0.2, 0) is 0 Å². The average molecular weight is 416 g/mol. The van der Waals surface area contributed by atoms with Gasteiger partial charge in [-0.3, -0.25) is 0 Å². The smallest absolute Gasteiger partial charge is 0.507 e. The van der Waals surface area contributed by atoms with E-state index in [1.807, 2.05) is 13.0 Å². The van der Waals surface area contributed by atoms with Gasteiger partial charge < -0.3 is 24.8 Å². The van der Waals surface area contributed by atoms with Crippen molar-refractivity contribution in [1.82, 2.24) is 0 Å². The molecule has 0 bridgehead atoms. The van der Waals surface area contributed by atoms with Gasteiger partial charge in [0.05, 0.1) is 6.10 Å². The first-order valence-corrected chi connectivity index (χ1v) is 9.53. The fourth-order valence-corrected chi connectivity index (χ4v) is 4.14. The molecule has 0 amide bonds. The van der Waals surface area contributed by atoms with Gasteiger partial charge in [-0.1, -0.05) is 24.3 Å². The third kappa shape index (κ3) is 3.50. The van der Waals surface area contributed by atoms with Crippen LogP contribution in [0.15, 0.2) is 54.1 Å². The van der Waals surface area contributed by atoms with Crippen LogP contribution >= 0.6 is 0 Å². The van der Waals surface area contributed by atoms with Crippen molar-refractivity contribution >= 4 is 0 Å². The van der Waals surface area contributed by atoms with Gasteiger partial charge in [0.2, 0.25) is 0 Å². The first-order chi connectivity index (χ1) is 14.1. The van der Waals surface area contributed by atoms with E-state index in [9.17, 15) is 24.1 Å². The van der Waals surface area contributed by atoms with E-state index in [4.69, 9.17) is 0 Å². The molecule has 4 rings (SSSR count). The molecule has 2 aromatic rings. The Bertz CT molecular complexity index is 1040. The predicted octanol–water partition coefficient (Wildman–Crippen LogP) is 5.07. The van der Waals surface area contributed by atoms with Crippen molar-refractivity contribution < 1.29 is 33.6 Å². The number of halogens is 2. The highest BCUT2D eigenvalue weighted by Gasteiger charge is 2.43. The van der Waals surface area contributed by atoms with Gasteiger partial charge in [0, 0.05) is 11.5 Å². The molecule has 1 aliphatic heterocycles. The molecule has 5 nitrogen and oxygen atoms in total. The van der Waals surface area contributed by atoms with Crippen molar-refractivity contribution in [3.8, 4) is 34.1 Å². The second kappa shape index (κ2) is 7.02. The van der Waals surface area contributed by atoms with Crippen LogP contribution in [-0.4, -0.2) is 27.7 Å². The lowest BCUT2D eigenvalue weighted by Crippen LogP contribution is -2.26. The first kappa shape index (κ1) is 20.2. The molecular formula is C23H22F2O5. The summed E-state index contributed by atoms with van der Waals surface area (Å²) in [6.45, 7) is 7.65. The van der Waals surface area contributed by atoms with Crippen LogP contribution in [0.1, 0.15) is 31.7 Å². The Morgan fingerprint density at radius 2 is 1.70 bits per heavy atom. The van der Waals surface area contributed by atoms with Crippen molar-refractivity contribution in [2.24, 2.45) is 5.92 Å². The van der Waals surface area contributed by atoms with Gasteiger partial charge in [0.15, 0.2) is 11.5 Å². The summed E-state index contributed by atoms with van der Waals surface area (Å²) in [6.07, 6.45) is -2.04. The summed E-state index contributed by atoms with van der Waals surface area (Å²) in [5.74, 6) is -0.980. The van der Waals surface area contributed by atoms with Crippen molar-refractivity contribution in [2.75, 3.05) is 0 Å². The maximum Gasteiger partial charge on any atom is 0.586 e. The number of aromatic hydroxyl groups is 2. The van der Waals surface area contributed by atoms with Gasteiger partial charge in [-0.15, -0.1) is 8.78 Å². The van der Waals surface area contributed by atoms with Crippen LogP contribution in [0.3, 0.4) is 0 Å². The number of alkyl halides is 2. The second-order valence-corrected chi connectivity index (χ2v) is 7.90. The molecule has 7 heteroatoms. The summed E-state index contributed by atoms with van der Waals surface area (Å²) in [5.41, 5.74) is 2.83. The van der Waals surface area contributed by atoms with Gasteiger partial charge in [-0.05, 0) is 67.2 Å². The van der Waals surface area contributed by atoms with Crippen LogP contribution in [0.2, 0.25) is 0 Å². The number of benzene rings is 2. The van der Waals surface area contributed by atoms with E-state index < -0.39 is 12.4 Å². The minimum absolute atomic E-state index is 0.0838. The summed E-state index contributed by atoms with van der Waals surface area (Å²) in [5, 5.41) is 31.7. The number of hydrogen-bond acceptors (Lipinski definition) is 5. The van der Waals surface area contributed by atoms with E-state index >= 15 is 0 Å². The van der Waals surface area contributed by atoms with Crippen LogP contribution in [0.5, 0.6) is 23.0 Å². The van der Waals surface area contributed by atoms with Gasteiger partial charge >= 0.3 is 6.29 Å². The molecule has 0 fully saturated rings. The number of rotatable bonds is 3. The highest BCUT2D eigenvalue weighted by Crippen LogP contribution is 2.48. The van der Waals surface area contributed by atoms with Crippen molar-refractivity contribution in [3.05, 3.63) is 59.7 Å². The van der Waals surface area contributed by atoms with Gasteiger partial charge in [0.25, 0.3) is 0 Å². The van der Waals surface area contributed by atoms with Crippen LogP contribution in [0.4, 0.5) is 8.78 Å². The van der Waals surface area contributed by atoms with Crippen molar-refractivity contribution in [3.63, 3.8) is 0 Å². The molecule has 3 atom stereocenters. The number of hydrogen-bond donors (Lipinski definition) is 3. The number of allylic oxidation sites excluding steroid dienone is 2. The first-order valence-electron chi connectivity index (χ1n) is 9.53. The monoisotopic (exact) mass is 416 g/mol. The normalized spacial score (nSPS) is 24.4. The molecule has 0 aromatic heterocycles. The maximum atomic E-state index is 13.3. The lowest BCUT2D eigenvalue weighted by Gasteiger charge is -2.34. The molecule has 1 heterocycles. The Balaban J connectivity index is 1.74. The van der Waals surface area contributed by atoms with Crippen molar-refractivity contribution in [2.45, 2.75) is 38.6 Å². The molecule has 0 saturated carbocycles. The molecule has 1 aliphatic carbocycles. The lowest BCUT2D eigenvalue weighted by molar-refractivity contribution is -0.286. The number of fused-ring (bicyclic) bond motifs is 1. The zero-order chi connectivity index (χ0) is 21.8. The minimum Gasteiger partial charge on any atom is -0.507 e. The number of aliphatic hydroxyl groups excluding tert-OH is 1. The molecular weight excluding hydrogens is 394 g/mol. The standard InChI is InChI=1S/C23H22F2O5/c1-11(2)15-10-17(26)12(3)6-16(15)22-18(27)7-14(8-19(22)28)13-4-5-20-21(9-13)30-23(24,25)29-20/h4-9,15-17,26-28H,1,10H2,2-3H3. The minimum atomic E-state index is -3.72. The molecule has 3 unspecified atom stereocenters. The Hall–Kier alpha value is -3.06. The molecule has 0 radical (unpaired) electrons. The summed E-state index contributed by atoms with van der Waals surface area (Å²) in [6, 6.07) is 7.18. The fourth-order valence-electron chi connectivity index (χ4n) is 4.14. The highest BCUT2D eigenvalue weighted by molar-refractivity contribution is 5.72. The third-order valence-electron chi connectivity index (χ3n) is 5.72. The van der Waals surface area contributed by atoms with E-state index in [0.29, 0.717) is 23.1 Å². The Kier molecular flexibility index (Phi) is 4.73. The van der Waals surface area contributed by atoms with E-state index in [-0.39, 0.29) is 34.8 Å². The molecule has 0 saturated heterocycles. The summed E-state index contributed by atoms with van der Waals surface area (Å²) in [4.78, 5) is 0. The molecule has 158 valence electrons. The van der Waals surface area contributed by atoms with Gasteiger partial charge in [0.1, 0.15) is 11.5 Å². The summed E-state index contributed by atoms with van der Waals surface area (Å²) < 4.78 is 35.4. The molecule has 0 spiro atoms. The van der Waals surface area contributed by atoms with E-state index in [1.165, 1.54) is 30.3 Å². The maximum absolute atomic E-state index is 13.3. The van der Waals surface area contributed by atoms with Crippen molar-refractivity contribution in [1.29, 1.82) is 0 Å². The van der Waals surface area contributed by atoms with Crippen LogP contribution in [0.25, 0.3) is 11.1 Å². The Labute approximate surface area is 172 Å². The van der Waals surface area contributed by atoms with Gasteiger partial charge in [-0.25, -0.2) is 0 Å². The molecule has 2 aromatic carbocycles. The van der Waals surface area contributed by atoms with Crippen LogP contribution < -0.4 is 9.47 Å². The largest absolute Gasteiger partial charge is 0.586 e. The van der Waals surface area contributed by atoms with Gasteiger partial charge in [-0.2, -0.15) is 0 Å². The number of phenols is 2. The second-order valence-electron chi connectivity index (χ2n) is 7.90. The van der Waals surface area contributed by atoms with E-state index in [2.05, 4.69) is 16.1 Å². The SMILES string of the molecule is C=C(C)C1CC(O)C(C)=CC1c1c(O)cc(-c2ccc3c(c2)OC(F)(F)O3)cc1O. The summed E-state index contributed by atoms with van der Waals surface area (Å²) >= 11 is 0. The van der Waals surface area contributed by atoms with Crippen LogP contribution in [0, 0.1) is 5.92 Å². The Morgan fingerprint density at radius 3 is 2.33 bits per heavy atom. The fraction of sp³-hybridized carbons (Fsp3) is 0.304. The quantitative estimate of drug-likeness (QED) is 0.609. The number of ether oxygens (including phenoxy) is 2. The average Bonchev–Trinajstić information content (AvgIpc) is 2.96. The topological polar surface area (TPSA) is 79.2 Å². The van der Waals surface area contributed by atoms with E-state index in [1.54, 1.807) is 6.92 Å². The zero-order valence-corrected chi connectivity index (χ0v) is 16.5. The Morgan fingerprint density at radius 1 is 1.07 bits per heavy atom. The number of phenolic OH excluding ortho intramolecular Hbond substituents is 2. The molecule has 3 N–H and O–H groups in total. The summed E-state index contributed by atoms with van der Waals surface area (Å²) in [7, 11) is 0. The highest BCUT2D eigenvalue weighted by atomic mass is 19.3. The lowest BCUT2D eigenvalue weighted by atomic mass is 9.72. The van der Waals surface area contributed by atoms with E-state index in [0.717, 1.165) is 11.1 Å². The zero-order valence-electron chi connectivity index (χ0n) is 16.5.